The van der Waals surface area contributed by atoms with E-state index in [0.29, 0.717) is 0 Å². The van der Waals surface area contributed by atoms with Crippen LogP contribution in [0.2, 0.25) is 0 Å². The van der Waals surface area contributed by atoms with E-state index in [0.717, 1.165) is 12.8 Å². The molecule has 2 heteroatoms. The van der Waals surface area contributed by atoms with E-state index in [1.54, 1.807) is 0 Å². The van der Waals surface area contributed by atoms with Gasteiger partial charge >= 0.3 is 0 Å². The molecule has 2 heterocycles. The molecule has 0 radical (unpaired) electrons. The molecule has 0 N–H and O–H groups in total. The van der Waals surface area contributed by atoms with E-state index in [2.05, 4.69) is 203 Å². The Hall–Kier alpha value is -7.16. The van der Waals surface area contributed by atoms with Crippen molar-refractivity contribution < 1.29 is 0 Å². The van der Waals surface area contributed by atoms with Gasteiger partial charge in [-0.1, -0.05) is 140 Å². The number of aryl methyl sites for hydroxylation is 2. The summed E-state index contributed by atoms with van der Waals surface area (Å²) in [7, 11) is 0. The fourth-order valence-electron chi connectivity index (χ4n) is 9.65. The molecule has 2 nitrogen and oxygen atoms in total. The first-order valence-electron chi connectivity index (χ1n) is 19.6. The van der Waals surface area contributed by atoms with Crippen LogP contribution in [0.1, 0.15) is 11.1 Å². The summed E-state index contributed by atoms with van der Waals surface area (Å²) in [6.45, 7) is 0. The molecule has 9 aromatic carbocycles. The third kappa shape index (κ3) is 4.63. The Morgan fingerprint density at radius 1 is 0.286 bits per heavy atom. The topological polar surface area (TPSA) is 9.86 Å². The van der Waals surface area contributed by atoms with E-state index < -0.39 is 0 Å². The summed E-state index contributed by atoms with van der Waals surface area (Å²) in [5, 5.41) is 7.56. The zero-order chi connectivity index (χ0) is 36.7. The minimum Gasteiger partial charge on any atom is -0.309 e. The van der Waals surface area contributed by atoms with Crippen LogP contribution in [-0.4, -0.2) is 9.13 Å². The van der Waals surface area contributed by atoms with Crippen LogP contribution >= 0.6 is 0 Å². The van der Waals surface area contributed by atoms with Crippen LogP contribution in [0.25, 0.3) is 99.1 Å². The van der Waals surface area contributed by atoms with Crippen LogP contribution in [0.15, 0.2) is 194 Å². The maximum absolute atomic E-state index is 2.46. The van der Waals surface area contributed by atoms with E-state index in [4.69, 9.17) is 0 Å². The third-order valence-corrected chi connectivity index (χ3v) is 12.2. The summed E-state index contributed by atoms with van der Waals surface area (Å²) in [4.78, 5) is 0. The van der Waals surface area contributed by atoms with Crippen molar-refractivity contribution in [3.63, 3.8) is 0 Å². The van der Waals surface area contributed by atoms with Gasteiger partial charge in [0.2, 0.25) is 0 Å². The smallest absolute Gasteiger partial charge is 0.0541 e. The molecule has 0 unspecified atom stereocenters. The van der Waals surface area contributed by atoms with Gasteiger partial charge in [-0.05, 0) is 117 Å². The predicted octanol–water partition coefficient (Wildman–Crippen LogP) is 14.1. The molecule has 0 bridgehead atoms. The van der Waals surface area contributed by atoms with Gasteiger partial charge in [0, 0.05) is 32.6 Å². The lowest BCUT2D eigenvalue weighted by atomic mass is 9.85. The zero-order valence-electron chi connectivity index (χ0n) is 30.8. The Balaban J connectivity index is 1.01. The SMILES string of the molecule is c1ccc(-c2ccc(-n3c4ccccc4c4cc(-c5ccc6c(c5)c5ccccc5n6-c5ccc6c(c5)CCc5ccccc5-6)ccc43)c3ccccc23)cc1. The second-order valence-corrected chi connectivity index (χ2v) is 15.2. The molecule has 0 spiro atoms. The van der Waals surface area contributed by atoms with Crippen molar-refractivity contribution >= 4 is 54.4 Å². The molecule has 0 saturated carbocycles. The van der Waals surface area contributed by atoms with E-state index in [1.807, 2.05) is 0 Å². The number of benzene rings is 9. The molecule has 2 aromatic heterocycles. The van der Waals surface area contributed by atoms with Crippen molar-refractivity contribution in [3.05, 3.63) is 205 Å². The fraction of sp³-hybridized carbons (Fsp3) is 0.0370. The summed E-state index contributed by atoms with van der Waals surface area (Å²) in [6.07, 6.45) is 2.15. The van der Waals surface area contributed by atoms with Crippen LogP contribution in [0, 0.1) is 0 Å². The van der Waals surface area contributed by atoms with Crippen LogP contribution in [-0.2, 0) is 12.8 Å². The van der Waals surface area contributed by atoms with Gasteiger partial charge in [0.15, 0.2) is 0 Å². The fourth-order valence-corrected chi connectivity index (χ4v) is 9.65. The minimum atomic E-state index is 1.07. The molecule has 1 aliphatic carbocycles. The number of para-hydroxylation sites is 2. The first-order valence-corrected chi connectivity index (χ1v) is 19.6. The Kier molecular flexibility index (Phi) is 6.79. The average molecular weight is 713 g/mol. The van der Waals surface area contributed by atoms with Gasteiger partial charge in [0.25, 0.3) is 0 Å². The quantitative estimate of drug-likeness (QED) is 0.172. The van der Waals surface area contributed by atoms with Crippen molar-refractivity contribution in [1.29, 1.82) is 0 Å². The van der Waals surface area contributed by atoms with Gasteiger partial charge in [-0.25, -0.2) is 0 Å². The zero-order valence-corrected chi connectivity index (χ0v) is 30.8. The van der Waals surface area contributed by atoms with Crippen LogP contribution in [0.5, 0.6) is 0 Å². The summed E-state index contributed by atoms with van der Waals surface area (Å²) >= 11 is 0. The molecule has 11 aromatic rings. The maximum atomic E-state index is 2.46. The van der Waals surface area contributed by atoms with Crippen LogP contribution < -0.4 is 0 Å². The molecule has 262 valence electrons. The Morgan fingerprint density at radius 2 is 0.821 bits per heavy atom. The Morgan fingerprint density at radius 3 is 1.57 bits per heavy atom. The minimum absolute atomic E-state index is 1.07. The second-order valence-electron chi connectivity index (χ2n) is 15.2. The van der Waals surface area contributed by atoms with E-state index in [-0.39, 0.29) is 0 Å². The highest BCUT2D eigenvalue weighted by atomic mass is 15.0. The number of aromatic nitrogens is 2. The van der Waals surface area contributed by atoms with Gasteiger partial charge in [-0.15, -0.1) is 0 Å². The van der Waals surface area contributed by atoms with Crippen molar-refractivity contribution in [3.8, 4) is 44.8 Å². The number of rotatable bonds is 4. The van der Waals surface area contributed by atoms with E-state index >= 15 is 0 Å². The van der Waals surface area contributed by atoms with Crippen molar-refractivity contribution in [1.82, 2.24) is 9.13 Å². The third-order valence-electron chi connectivity index (χ3n) is 12.2. The monoisotopic (exact) mass is 712 g/mol. The summed E-state index contributed by atoms with van der Waals surface area (Å²) < 4.78 is 4.92. The lowest BCUT2D eigenvalue weighted by molar-refractivity contribution is 0.938. The van der Waals surface area contributed by atoms with Gasteiger partial charge in [-0.2, -0.15) is 0 Å². The highest BCUT2D eigenvalue weighted by Gasteiger charge is 2.20. The highest BCUT2D eigenvalue weighted by molar-refractivity contribution is 6.14. The lowest BCUT2D eigenvalue weighted by Crippen LogP contribution is -2.05. The Labute approximate surface area is 325 Å². The lowest BCUT2D eigenvalue weighted by Gasteiger charge is -2.21. The normalized spacial score (nSPS) is 12.5. The predicted molar refractivity (Wildman–Crippen MR) is 236 cm³/mol. The van der Waals surface area contributed by atoms with Gasteiger partial charge in [-0.3, -0.25) is 0 Å². The molecule has 0 amide bonds. The first kappa shape index (κ1) is 31.2. The molecule has 12 rings (SSSR count). The van der Waals surface area contributed by atoms with Crippen molar-refractivity contribution in [2.75, 3.05) is 0 Å². The molecule has 0 aliphatic heterocycles. The number of fused-ring (bicyclic) bond motifs is 10. The van der Waals surface area contributed by atoms with Gasteiger partial charge in [0.1, 0.15) is 0 Å². The van der Waals surface area contributed by atoms with Crippen molar-refractivity contribution in [2.45, 2.75) is 12.8 Å². The number of nitrogens with zero attached hydrogens (tertiary/aromatic N) is 2. The van der Waals surface area contributed by atoms with Crippen LogP contribution in [0.3, 0.4) is 0 Å². The molecule has 0 saturated heterocycles. The molecule has 56 heavy (non-hydrogen) atoms. The maximum Gasteiger partial charge on any atom is 0.0541 e. The number of hydrogen-bond donors (Lipinski definition) is 0. The summed E-state index contributed by atoms with van der Waals surface area (Å²) in [5.41, 5.74) is 17.9. The van der Waals surface area contributed by atoms with Crippen LogP contribution in [0.4, 0.5) is 0 Å². The molecule has 0 atom stereocenters. The van der Waals surface area contributed by atoms with Crippen molar-refractivity contribution in [2.24, 2.45) is 0 Å². The molecule has 0 fully saturated rings. The average Bonchev–Trinajstić information content (AvgIpc) is 3.78. The molecular weight excluding hydrogens is 677 g/mol. The van der Waals surface area contributed by atoms with Gasteiger partial charge < -0.3 is 9.13 Å². The first-order chi connectivity index (χ1) is 27.8. The summed E-state index contributed by atoms with van der Waals surface area (Å²) in [5.74, 6) is 0. The number of hydrogen-bond acceptors (Lipinski definition) is 0. The highest BCUT2D eigenvalue weighted by Crippen LogP contribution is 2.41. The largest absolute Gasteiger partial charge is 0.309 e. The Bertz CT molecular complexity index is 3360. The van der Waals surface area contributed by atoms with Gasteiger partial charge in [0.05, 0.1) is 27.8 Å². The standard InChI is InChI=1S/C54H36N2/c1-2-12-35(13-3-1)42-28-31-52(45-17-7-6-16-44(42)45)56-51-21-11-9-19-47(51)49-34-38(25-30-54(49)56)37-24-29-53-48(33-37)46-18-8-10-20-50(46)55(53)40-26-27-43-39(32-40)23-22-36-14-4-5-15-41(36)43/h1-21,24-34H,22-23H2. The second kappa shape index (κ2) is 12.2. The van der Waals surface area contributed by atoms with E-state index in [1.165, 1.54) is 110 Å². The molecule has 1 aliphatic rings. The molecular formula is C54H36N2. The van der Waals surface area contributed by atoms with E-state index in [9.17, 15) is 0 Å². The summed E-state index contributed by atoms with van der Waals surface area (Å²) in [6, 6.07) is 71.9.